The van der Waals surface area contributed by atoms with Gasteiger partial charge in [-0.1, -0.05) is 19.9 Å². The minimum atomic E-state index is 0.426. The minimum absolute atomic E-state index is 0.426. The lowest BCUT2D eigenvalue weighted by atomic mass is 9.90. The van der Waals surface area contributed by atoms with E-state index in [9.17, 15) is 0 Å². The van der Waals surface area contributed by atoms with Crippen LogP contribution in [-0.4, -0.2) is 28.5 Å². The van der Waals surface area contributed by atoms with Crippen LogP contribution in [0.25, 0.3) is 0 Å². The molecule has 0 radical (unpaired) electrons. The second-order valence-electron chi connectivity index (χ2n) is 6.25. The molecule has 3 heteroatoms. The number of hydrogen-bond donors (Lipinski definition) is 1. The second kappa shape index (κ2) is 7.01. The van der Waals surface area contributed by atoms with Crippen LogP contribution in [0.1, 0.15) is 45.1 Å². The Labute approximate surface area is 117 Å². The summed E-state index contributed by atoms with van der Waals surface area (Å²) in [5.41, 5.74) is 7.34. The molecule has 0 spiro atoms. The summed E-state index contributed by atoms with van der Waals surface area (Å²) in [4.78, 5) is 6.86. The van der Waals surface area contributed by atoms with Crippen molar-refractivity contribution in [3.8, 4) is 0 Å². The molecule has 106 valence electrons. The first-order chi connectivity index (χ1) is 9.15. The molecule has 1 fully saturated rings. The van der Waals surface area contributed by atoms with E-state index in [2.05, 4.69) is 29.8 Å². The fourth-order valence-corrected chi connectivity index (χ4v) is 3.00. The molecule has 1 saturated carbocycles. The van der Waals surface area contributed by atoms with Crippen LogP contribution in [0.5, 0.6) is 0 Å². The molecule has 0 aromatic carbocycles. The average Bonchev–Trinajstić information content (AvgIpc) is 2.39. The molecule has 0 unspecified atom stereocenters. The first kappa shape index (κ1) is 14.5. The fraction of sp³-hybridized carbons (Fsp3) is 0.688. The lowest BCUT2D eigenvalue weighted by Crippen LogP contribution is -2.42. The molecule has 1 aromatic heterocycles. The fourth-order valence-electron chi connectivity index (χ4n) is 3.00. The smallest absolute Gasteiger partial charge is 0.0312 e. The third kappa shape index (κ3) is 4.59. The van der Waals surface area contributed by atoms with Crippen LogP contribution in [-0.2, 0) is 6.54 Å². The number of hydrogen-bond acceptors (Lipinski definition) is 3. The maximum Gasteiger partial charge on any atom is 0.0312 e. The van der Waals surface area contributed by atoms with Gasteiger partial charge in [0.15, 0.2) is 0 Å². The summed E-state index contributed by atoms with van der Waals surface area (Å²) in [7, 11) is 0. The Morgan fingerprint density at radius 2 is 2.05 bits per heavy atom. The van der Waals surface area contributed by atoms with Gasteiger partial charge in [-0.3, -0.25) is 9.88 Å². The summed E-state index contributed by atoms with van der Waals surface area (Å²) in [6, 6.07) is 5.33. The molecular formula is C16H27N3. The minimum Gasteiger partial charge on any atom is -0.328 e. The highest BCUT2D eigenvalue weighted by molar-refractivity contribution is 5.08. The Hall–Kier alpha value is -0.930. The van der Waals surface area contributed by atoms with Crippen molar-refractivity contribution in [1.82, 2.24) is 9.88 Å². The van der Waals surface area contributed by atoms with Crippen molar-refractivity contribution >= 4 is 0 Å². The van der Waals surface area contributed by atoms with Gasteiger partial charge in [0.05, 0.1) is 0 Å². The molecule has 0 aliphatic heterocycles. The lowest BCUT2D eigenvalue weighted by molar-refractivity contribution is 0.126. The van der Waals surface area contributed by atoms with Crippen LogP contribution < -0.4 is 5.73 Å². The number of aromatic nitrogens is 1. The van der Waals surface area contributed by atoms with Crippen LogP contribution in [0.15, 0.2) is 24.5 Å². The van der Waals surface area contributed by atoms with Crippen molar-refractivity contribution in [2.75, 3.05) is 6.54 Å². The van der Waals surface area contributed by atoms with E-state index in [-0.39, 0.29) is 0 Å². The molecule has 0 amide bonds. The van der Waals surface area contributed by atoms with E-state index in [0.29, 0.717) is 18.0 Å². The van der Waals surface area contributed by atoms with Crippen LogP contribution in [0.3, 0.4) is 0 Å². The number of nitrogens with zero attached hydrogens (tertiary/aromatic N) is 2. The number of nitrogens with two attached hydrogens (primary N) is 1. The van der Waals surface area contributed by atoms with E-state index in [1.165, 1.54) is 31.2 Å². The molecule has 1 aliphatic carbocycles. The predicted molar refractivity (Wildman–Crippen MR) is 79.7 cm³/mol. The van der Waals surface area contributed by atoms with Crippen LogP contribution >= 0.6 is 0 Å². The van der Waals surface area contributed by atoms with Gasteiger partial charge in [0.25, 0.3) is 0 Å². The van der Waals surface area contributed by atoms with Gasteiger partial charge in [-0.25, -0.2) is 0 Å². The molecule has 3 nitrogen and oxygen atoms in total. The van der Waals surface area contributed by atoms with Gasteiger partial charge in [0.1, 0.15) is 0 Å². The van der Waals surface area contributed by atoms with Gasteiger partial charge in [0.2, 0.25) is 0 Å². The first-order valence-electron chi connectivity index (χ1n) is 7.53. The zero-order valence-corrected chi connectivity index (χ0v) is 12.3. The van der Waals surface area contributed by atoms with Crippen molar-refractivity contribution in [3.63, 3.8) is 0 Å². The highest BCUT2D eigenvalue weighted by Gasteiger charge is 2.24. The van der Waals surface area contributed by atoms with E-state index in [1.807, 2.05) is 18.5 Å². The first-order valence-corrected chi connectivity index (χ1v) is 7.53. The van der Waals surface area contributed by atoms with Gasteiger partial charge < -0.3 is 5.73 Å². The average molecular weight is 261 g/mol. The van der Waals surface area contributed by atoms with Gasteiger partial charge in [-0.15, -0.1) is 0 Å². The standard InChI is InChI=1S/C16H27N3/c1-13(2)11-19(12-14-4-3-9-18-10-14)16-7-5-15(17)6-8-16/h3-4,9-10,13,15-16H,5-8,11-12,17H2,1-2H3. The van der Waals surface area contributed by atoms with E-state index in [0.717, 1.165) is 13.1 Å². The maximum absolute atomic E-state index is 6.02. The molecule has 1 heterocycles. The summed E-state index contributed by atoms with van der Waals surface area (Å²) in [5, 5.41) is 0. The third-order valence-corrected chi connectivity index (χ3v) is 3.97. The van der Waals surface area contributed by atoms with Crippen molar-refractivity contribution < 1.29 is 0 Å². The quantitative estimate of drug-likeness (QED) is 0.886. The summed E-state index contributed by atoms with van der Waals surface area (Å²) in [6.07, 6.45) is 8.67. The van der Waals surface area contributed by atoms with Crippen molar-refractivity contribution in [2.24, 2.45) is 11.7 Å². The van der Waals surface area contributed by atoms with E-state index in [1.54, 1.807) is 0 Å². The SMILES string of the molecule is CC(C)CN(Cc1cccnc1)C1CCC(N)CC1. The van der Waals surface area contributed by atoms with Crippen LogP contribution in [0, 0.1) is 5.92 Å². The summed E-state index contributed by atoms with van der Waals surface area (Å²) in [6.45, 7) is 6.77. The molecule has 1 aromatic rings. The van der Waals surface area contributed by atoms with E-state index < -0.39 is 0 Å². The molecule has 0 saturated heterocycles. The van der Waals surface area contributed by atoms with Crippen molar-refractivity contribution in [3.05, 3.63) is 30.1 Å². The Kier molecular flexibility index (Phi) is 5.34. The molecule has 19 heavy (non-hydrogen) atoms. The zero-order valence-electron chi connectivity index (χ0n) is 12.3. The molecular weight excluding hydrogens is 234 g/mol. The highest BCUT2D eigenvalue weighted by Crippen LogP contribution is 2.24. The largest absolute Gasteiger partial charge is 0.328 e. The van der Waals surface area contributed by atoms with Crippen molar-refractivity contribution in [1.29, 1.82) is 0 Å². The van der Waals surface area contributed by atoms with Crippen LogP contribution in [0.4, 0.5) is 0 Å². The molecule has 2 rings (SSSR count). The van der Waals surface area contributed by atoms with Gasteiger partial charge in [-0.05, 0) is 43.2 Å². The normalized spacial score (nSPS) is 24.1. The Morgan fingerprint density at radius 1 is 1.32 bits per heavy atom. The Balaban J connectivity index is 1.99. The molecule has 0 atom stereocenters. The zero-order chi connectivity index (χ0) is 13.7. The topological polar surface area (TPSA) is 42.2 Å². The maximum atomic E-state index is 6.02. The van der Waals surface area contributed by atoms with Gasteiger partial charge in [-0.2, -0.15) is 0 Å². The third-order valence-electron chi connectivity index (χ3n) is 3.97. The lowest BCUT2D eigenvalue weighted by Gasteiger charge is -2.37. The number of pyridine rings is 1. The molecule has 1 aliphatic rings. The molecule has 2 N–H and O–H groups in total. The van der Waals surface area contributed by atoms with Gasteiger partial charge >= 0.3 is 0 Å². The van der Waals surface area contributed by atoms with Gasteiger partial charge in [0, 0.05) is 37.6 Å². The van der Waals surface area contributed by atoms with Crippen LogP contribution in [0.2, 0.25) is 0 Å². The van der Waals surface area contributed by atoms with E-state index in [4.69, 9.17) is 5.73 Å². The summed E-state index contributed by atoms with van der Waals surface area (Å²) >= 11 is 0. The Bertz CT molecular complexity index is 356. The summed E-state index contributed by atoms with van der Waals surface area (Å²) < 4.78 is 0. The monoisotopic (exact) mass is 261 g/mol. The Morgan fingerprint density at radius 3 is 2.63 bits per heavy atom. The van der Waals surface area contributed by atoms with Crippen molar-refractivity contribution in [2.45, 2.75) is 58.2 Å². The molecule has 0 bridgehead atoms. The van der Waals surface area contributed by atoms with E-state index >= 15 is 0 Å². The number of rotatable bonds is 5. The highest BCUT2D eigenvalue weighted by atomic mass is 15.2. The predicted octanol–water partition coefficient (Wildman–Crippen LogP) is 2.81. The second-order valence-corrected chi connectivity index (χ2v) is 6.25. The summed E-state index contributed by atoms with van der Waals surface area (Å²) in [5.74, 6) is 0.701.